The molecule has 4 N–H and O–H groups in total. The zero-order valence-corrected chi connectivity index (χ0v) is 15.0. The van der Waals surface area contributed by atoms with E-state index < -0.39 is 18.3 Å². The lowest BCUT2D eigenvalue weighted by molar-refractivity contribution is -0.115. The van der Waals surface area contributed by atoms with Gasteiger partial charge in [-0.15, -0.1) is 0 Å². The minimum absolute atomic E-state index is 0.119. The van der Waals surface area contributed by atoms with Gasteiger partial charge in [0.25, 0.3) is 0 Å². The number of aldehydes is 1. The molecule has 2 aromatic carbocycles. The van der Waals surface area contributed by atoms with E-state index in [2.05, 4.69) is 0 Å². The van der Waals surface area contributed by atoms with Crippen LogP contribution in [-0.4, -0.2) is 47.5 Å². The number of phenols is 1. The highest BCUT2D eigenvalue weighted by molar-refractivity contribution is 5.74. The summed E-state index contributed by atoms with van der Waals surface area (Å²) in [5.74, 6) is 0.224. The Morgan fingerprint density at radius 1 is 1.11 bits per heavy atom. The maximum atomic E-state index is 11.1. The molecule has 7 heteroatoms. The SMILES string of the molecule is COc1cc(C(O)C(O)(CO)c2ccc(C=CC=O)cc2OC)ccc1O. The smallest absolute Gasteiger partial charge is 0.160 e. The first kappa shape index (κ1) is 20.4. The average molecular weight is 374 g/mol. The number of ether oxygens (including phenoxy) is 2. The first-order valence-corrected chi connectivity index (χ1v) is 8.09. The van der Waals surface area contributed by atoms with E-state index in [-0.39, 0.29) is 28.4 Å². The molecule has 0 saturated heterocycles. The number of hydrogen-bond donors (Lipinski definition) is 4. The molecule has 0 amide bonds. The van der Waals surface area contributed by atoms with Crippen molar-refractivity contribution in [2.75, 3.05) is 20.8 Å². The Morgan fingerprint density at radius 2 is 1.81 bits per heavy atom. The van der Waals surface area contributed by atoms with Gasteiger partial charge in [-0.2, -0.15) is 0 Å². The molecular weight excluding hydrogens is 352 g/mol. The first-order chi connectivity index (χ1) is 12.9. The number of carbonyl (C=O) groups is 1. The van der Waals surface area contributed by atoms with Gasteiger partial charge in [0.05, 0.1) is 20.8 Å². The zero-order chi connectivity index (χ0) is 20.0. The maximum absolute atomic E-state index is 11.1. The summed E-state index contributed by atoms with van der Waals surface area (Å²) < 4.78 is 10.3. The number of benzene rings is 2. The minimum Gasteiger partial charge on any atom is -0.504 e. The second kappa shape index (κ2) is 8.68. The predicted octanol–water partition coefficient (Wildman–Crippen LogP) is 1.53. The molecule has 27 heavy (non-hydrogen) atoms. The molecule has 0 aliphatic rings. The van der Waals surface area contributed by atoms with Crippen LogP contribution in [0.15, 0.2) is 42.5 Å². The molecule has 144 valence electrons. The fourth-order valence-corrected chi connectivity index (χ4v) is 2.78. The molecule has 2 aromatic rings. The largest absolute Gasteiger partial charge is 0.504 e. The van der Waals surface area contributed by atoms with Gasteiger partial charge >= 0.3 is 0 Å². The Morgan fingerprint density at radius 3 is 2.41 bits per heavy atom. The number of methoxy groups -OCH3 is 2. The quantitative estimate of drug-likeness (QED) is 0.409. The molecule has 2 rings (SSSR count). The Labute approximate surface area is 156 Å². The third kappa shape index (κ3) is 4.11. The Balaban J connectivity index is 2.52. The lowest BCUT2D eigenvalue weighted by Crippen LogP contribution is -2.37. The van der Waals surface area contributed by atoms with Gasteiger partial charge in [0.15, 0.2) is 11.5 Å². The van der Waals surface area contributed by atoms with E-state index in [4.69, 9.17) is 9.47 Å². The Bertz CT molecular complexity index is 831. The molecule has 0 spiro atoms. The number of aromatic hydroxyl groups is 1. The molecule has 0 bridgehead atoms. The van der Waals surface area contributed by atoms with Crippen molar-refractivity contribution in [3.63, 3.8) is 0 Å². The molecule has 0 aliphatic carbocycles. The van der Waals surface area contributed by atoms with Crippen LogP contribution in [0.4, 0.5) is 0 Å². The second-order valence-electron chi connectivity index (χ2n) is 5.87. The van der Waals surface area contributed by atoms with Gasteiger partial charge in [-0.25, -0.2) is 0 Å². The van der Waals surface area contributed by atoms with Gasteiger partial charge in [0.1, 0.15) is 23.7 Å². The Kier molecular flexibility index (Phi) is 6.57. The van der Waals surface area contributed by atoms with Crippen LogP contribution in [0.5, 0.6) is 17.2 Å². The van der Waals surface area contributed by atoms with Gasteiger partial charge in [-0.1, -0.05) is 24.3 Å². The molecule has 0 heterocycles. The molecule has 0 aromatic heterocycles. The van der Waals surface area contributed by atoms with Crippen molar-refractivity contribution in [1.82, 2.24) is 0 Å². The number of aliphatic hydroxyl groups excluding tert-OH is 2. The summed E-state index contributed by atoms with van der Waals surface area (Å²) in [4.78, 5) is 10.5. The highest BCUT2D eigenvalue weighted by Crippen LogP contribution is 2.41. The number of rotatable bonds is 8. The minimum atomic E-state index is -2.08. The molecule has 7 nitrogen and oxygen atoms in total. The summed E-state index contributed by atoms with van der Waals surface area (Å²) in [7, 11) is 2.75. The van der Waals surface area contributed by atoms with E-state index in [9.17, 15) is 25.2 Å². The zero-order valence-electron chi connectivity index (χ0n) is 15.0. The normalized spacial score (nSPS) is 14.6. The van der Waals surface area contributed by atoms with Crippen molar-refractivity contribution in [2.45, 2.75) is 11.7 Å². The van der Waals surface area contributed by atoms with E-state index >= 15 is 0 Å². The van der Waals surface area contributed by atoms with E-state index in [1.54, 1.807) is 18.2 Å². The second-order valence-corrected chi connectivity index (χ2v) is 5.87. The summed E-state index contributed by atoms with van der Waals surface area (Å²) in [5, 5.41) is 41.4. The van der Waals surface area contributed by atoms with Gasteiger partial charge in [0, 0.05) is 5.56 Å². The van der Waals surface area contributed by atoms with E-state index in [1.807, 2.05) is 0 Å². The van der Waals surface area contributed by atoms with E-state index in [0.29, 0.717) is 11.8 Å². The topological polar surface area (TPSA) is 116 Å². The number of phenolic OH excluding ortho intramolecular Hbond substituents is 1. The summed E-state index contributed by atoms with van der Waals surface area (Å²) in [6.45, 7) is -0.794. The van der Waals surface area contributed by atoms with Crippen molar-refractivity contribution in [3.05, 3.63) is 59.2 Å². The summed E-state index contributed by atoms with van der Waals surface area (Å²) in [5.41, 5.74) is -1.05. The molecule has 2 atom stereocenters. The van der Waals surface area contributed by atoms with Crippen molar-refractivity contribution in [3.8, 4) is 17.2 Å². The monoisotopic (exact) mass is 374 g/mol. The van der Waals surface area contributed by atoms with Crippen LogP contribution < -0.4 is 9.47 Å². The number of aliphatic hydroxyl groups is 3. The highest BCUT2D eigenvalue weighted by atomic mass is 16.5. The third-order valence-corrected chi connectivity index (χ3v) is 4.27. The number of allylic oxidation sites excluding steroid dienone is 1. The fraction of sp³-hybridized carbons (Fsp3) is 0.250. The summed E-state index contributed by atoms with van der Waals surface area (Å²) >= 11 is 0. The molecular formula is C20H22O7. The van der Waals surface area contributed by atoms with Crippen molar-refractivity contribution >= 4 is 12.4 Å². The molecule has 0 radical (unpaired) electrons. The van der Waals surface area contributed by atoms with E-state index in [1.165, 1.54) is 44.6 Å². The number of hydrogen-bond acceptors (Lipinski definition) is 7. The lowest BCUT2D eigenvalue weighted by Gasteiger charge is -2.33. The van der Waals surface area contributed by atoms with Crippen molar-refractivity contribution in [2.24, 2.45) is 0 Å². The molecule has 0 aliphatic heterocycles. The predicted molar refractivity (Wildman–Crippen MR) is 98.7 cm³/mol. The van der Waals surface area contributed by atoms with Crippen LogP contribution in [0, 0.1) is 0 Å². The van der Waals surface area contributed by atoms with Crippen LogP contribution in [0.2, 0.25) is 0 Å². The molecule has 0 saturated carbocycles. The van der Waals surface area contributed by atoms with Crippen LogP contribution in [-0.2, 0) is 10.4 Å². The average Bonchev–Trinajstić information content (AvgIpc) is 2.71. The lowest BCUT2D eigenvalue weighted by atomic mass is 9.84. The maximum Gasteiger partial charge on any atom is 0.160 e. The first-order valence-electron chi connectivity index (χ1n) is 8.09. The standard InChI is InChI=1S/C20H22O7/c1-26-17-10-13(4-3-9-21)5-7-15(17)20(25,12-22)19(24)14-6-8-16(23)18(11-14)27-2/h3-11,19,22-25H,12H2,1-2H3. The summed E-state index contributed by atoms with van der Waals surface area (Å²) in [6.07, 6.45) is 1.96. The van der Waals surface area contributed by atoms with Gasteiger partial charge in [-0.3, -0.25) is 4.79 Å². The molecule has 0 fully saturated rings. The van der Waals surface area contributed by atoms with Gasteiger partial charge in [-0.05, 0) is 35.4 Å². The fourth-order valence-electron chi connectivity index (χ4n) is 2.78. The molecule has 2 unspecified atom stereocenters. The van der Waals surface area contributed by atoms with E-state index in [0.717, 1.165) is 0 Å². The van der Waals surface area contributed by atoms with Crippen LogP contribution in [0.3, 0.4) is 0 Å². The van der Waals surface area contributed by atoms with Crippen molar-refractivity contribution < 1.29 is 34.7 Å². The summed E-state index contributed by atoms with van der Waals surface area (Å²) in [6, 6.07) is 8.79. The Hall–Kier alpha value is -2.87. The van der Waals surface area contributed by atoms with Crippen LogP contribution in [0.1, 0.15) is 22.8 Å². The van der Waals surface area contributed by atoms with Gasteiger partial charge < -0.3 is 29.9 Å². The third-order valence-electron chi connectivity index (χ3n) is 4.27. The highest BCUT2D eigenvalue weighted by Gasteiger charge is 2.40. The van der Waals surface area contributed by atoms with Crippen LogP contribution in [0.25, 0.3) is 6.08 Å². The van der Waals surface area contributed by atoms with Crippen LogP contribution >= 0.6 is 0 Å². The van der Waals surface area contributed by atoms with Gasteiger partial charge in [0.2, 0.25) is 0 Å². The number of carbonyl (C=O) groups excluding carboxylic acids is 1. The van der Waals surface area contributed by atoms with Crippen molar-refractivity contribution in [1.29, 1.82) is 0 Å².